The first-order valence-corrected chi connectivity index (χ1v) is 7.95. The maximum atomic E-state index is 11.6. The van der Waals surface area contributed by atoms with Gasteiger partial charge in [-0.05, 0) is 30.9 Å². The lowest BCUT2D eigenvalue weighted by atomic mass is 10.0. The molecule has 0 saturated carbocycles. The van der Waals surface area contributed by atoms with Crippen molar-refractivity contribution >= 4 is 15.5 Å². The number of nitrogens with zero attached hydrogens (tertiary/aromatic N) is 3. The Labute approximate surface area is 106 Å². The van der Waals surface area contributed by atoms with E-state index >= 15 is 0 Å². The Kier molecular flexibility index (Phi) is 2.81. The first-order valence-electron chi connectivity index (χ1n) is 6.13. The lowest BCUT2D eigenvalue weighted by Crippen LogP contribution is -2.27. The summed E-state index contributed by atoms with van der Waals surface area (Å²) in [6, 6.07) is 5.74. The summed E-state index contributed by atoms with van der Waals surface area (Å²) in [7, 11) is -2.85. The van der Waals surface area contributed by atoms with Crippen LogP contribution in [0.15, 0.2) is 24.4 Å². The Morgan fingerprint density at radius 1 is 1.33 bits per heavy atom. The summed E-state index contributed by atoms with van der Waals surface area (Å²) in [6.45, 7) is 0. The van der Waals surface area contributed by atoms with Gasteiger partial charge >= 0.3 is 0 Å². The molecule has 1 unspecified atom stereocenters. The molecule has 0 spiro atoms. The highest BCUT2D eigenvalue weighted by atomic mass is 32.2. The predicted octanol–water partition coefficient (Wildman–Crippen LogP) is 1.10. The molecule has 0 aromatic carbocycles. The van der Waals surface area contributed by atoms with Crippen LogP contribution in [0.5, 0.6) is 0 Å². The third-order valence-corrected chi connectivity index (χ3v) is 5.30. The molecule has 1 saturated heterocycles. The molecule has 0 aliphatic carbocycles. The van der Waals surface area contributed by atoms with E-state index in [1.807, 2.05) is 28.8 Å². The SMILES string of the molecule is O=S1(=O)CCCC(Cc2nnc3ccccn23)C1. The highest BCUT2D eigenvalue weighted by Crippen LogP contribution is 2.21. The van der Waals surface area contributed by atoms with Crippen molar-refractivity contribution in [3.8, 4) is 0 Å². The van der Waals surface area contributed by atoms with E-state index in [4.69, 9.17) is 0 Å². The molecule has 0 amide bonds. The third-order valence-electron chi connectivity index (χ3n) is 3.41. The van der Waals surface area contributed by atoms with Crippen LogP contribution in [-0.2, 0) is 16.3 Å². The molecule has 2 aromatic heterocycles. The molecule has 1 fully saturated rings. The number of fused-ring (bicyclic) bond motifs is 1. The maximum Gasteiger partial charge on any atom is 0.160 e. The number of hydrogen-bond acceptors (Lipinski definition) is 4. The summed E-state index contributed by atoms with van der Waals surface area (Å²) >= 11 is 0. The van der Waals surface area contributed by atoms with Crippen molar-refractivity contribution in [2.75, 3.05) is 11.5 Å². The minimum absolute atomic E-state index is 0.177. The van der Waals surface area contributed by atoms with Gasteiger partial charge in [0, 0.05) is 12.6 Å². The van der Waals surface area contributed by atoms with E-state index in [0.717, 1.165) is 24.3 Å². The zero-order valence-electron chi connectivity index (χ0n) is 9.99. The Hall–Kier alpha value is -1.43. The average Bonchev–Trinajstić information content (AvgIpc) is 2.72. The van der Waals surface area contributed by atoms with Gasteiger partial charge in [-0.1, -0.05) is 6.07 Å². The van der Waals surface area contributed by atoms with Gasteiger partial charge in [-0.3, -0.25) is 4.40 Å². The summed E-state index contributed by atoms with van der Waals surface area (Å²) in [5.74, 6) is 1.66. The number of rotatable bonds is 2. The van der Waals surface area contributed by atoms with Gasteiger partial charge in [0.2, 0.25) is 0 Å². The average molecular weight is 265 g/mol. The molecular formula is C12H15N3O2S. The molecule has 2 aromatic rings. The topological polar surface area (TPSA) is 64.3 Å². The van der Waals surface area contributed by atoms with Crippen molar-refractivity contribution in [2.24, 2.45) is 5.92 Å². The van der Waals surface area contributed by atoms with E-state index in [2.05, 4.69) is 10.2 Å². The number of sulfone groups is 1. The first-order chi connectivity index (χ1) is 8.64. The van der Waals surface area contributed by atoms with E-state index in [0.29, 0.717) is 12.2 Å². The van der Waals surface area contributed by atoms with Crippen LogP contribution < -0.4 is 0 Å². The second-order valence-electron chi connectivity index (χ2n) is 4.87. The van der Waals surface area contributed by atoms with Crippen LogP contribution in [0.4, 0.5) is 0 Å². The van der Waals surface area contributed by atoms with Gasteiger partial charge in [0.25, 0.3) is 0 Å². The Balaban J connectivity index is 1.84. The lowest BCUT2D eigenvalue weighted by Gasteiger charge is -2.20. The fourth-order valence-corrected chi connectivity index (χ4v) is 4.34. The van der Waals surface area contributed by atoms with Crippen molar-refractivity contribution in [3.05, 3.63) is 30.2 Å². The zero-order chi connectivity index (χ0) is 12.6. The van der Waals surface area contributed by atoms with Crippen molar-refractivity contribution < 1.29 is 8.42 Å². The van der Waals surface area contributed by atoms with E-state index in [9.17, 15) is 8.42 Å². The molecule has 0 N–H and O–H groups in total. The van der Waals surface area contributed by atoms with Gasteiger partial charge in [-0.15, -0.1) is 10.2 Å². The summed E-state index contributed by atoms with van der Waals surface area (Å²) in [5.41, 5.74) is 0.811. The standard InChI is InChI=1S/C12H15N3O2S/c16-18(17)7-3-4-10(9-18)8-12-14-13-11-5-1-2-6-15(11)12/h1-2,5-6,10H,3-4,7-9H2. The van der Waals surface area contributed by atoms with Crippen LogP contribution in [-0.4, -0.2) is 34.5 Å². The van der Waals surface area contributed by atoms with Crippen molar-refractivity contribution in [1.82, 2.24) is 14.6 Å². The second kappa shape index (κ2) is 4.35. The molecule has 5 nitrogen and oxygen atoms in total. The maximum absolute atomic E-state index is 11.6. The Morgan fingerprint density at radius 3 is 3.06 bits per heavy atom. The fourth-order valence-electron chi connectivity index (χ4n) is 2.57. The van der Waals surface area contributed by atoms with Gasteiger partial charge in [-0.25, -0.2) is 8.42 Å². The Morgan fingerprint density at radius 2 is 2.22 bits per heavy atom. The number of pyridine rings is 1. The smallest absolute Gasteiger partial charge is 0.160 e. The quantitative estimate of drug-likeness (QED) is 0.815. The minimum Gasteiger partial charge on any atom is -0.286 e. The van der Waals surface area contributed by atoms with E-state index in [-0.39, 0.29) is 11.7 Å². The Bertz CT molecular complexity index is 663. The van der Waals surface area contributed by atoms with Gasteiger partial charge in [-0.2, -0.15) is 0 Å². The monoisotopic (exact) mass is 265 g/mol. The molecule has 0 bridgehead atoms. The highest BCUT2D eigenvalue weighted by molar-refractivity contribution is 7.91. The largest absolute Gasteiger partial charge is 0.286 e. The minimum atomic E-state index is -2.85. The molecule has 1 aliphatic rings. The van der Waals surface area contributed by atoms with Crippen molar-refractivity contribution in [1.29, 1.82) is 0 Å². The molecule has 3 heterocycles. The summed E-state index contributed by atoms with van der Waals surface area (Å²) in [5, 5.41) is 8.24. The molecule has 96 valence electrons. The molecule has 0 radical (unpaired) electrons. The molecule has 1 aliphatic heterocycles. The molecule has 18 heavy (non-hydrogen) atoms. The van der Waals surface area contributed by atoms with Crippen molar-refractivity contribution in [2.45, 2.75) is 19.3 Å². The van der Waals surface area contributed by atoms with E-state index in [1.54, 1.807) is 0 Å². The summed E-state index contributed by atoms with van der Waals surface area (Å²) < 4.78 is 25.2. The molecule has 1 atom stereocenters. The van der Waals surface area contributed by atoms with Crippen molar-refractivity contribution in [3.63, 3.8) is 0 Å². The predicted molar refractivity (Wildman–Crippen MR) is 68.1 cm³/mol. The van der Waals surface area contributed by atoms with Gasteiger partial charge in [0.1, 0.15) is 5.82 Å². The normalized spacial score (nSPS) is 23.2. The molecular weight excluding hydrogens is 250 g/mol. The third kappa shape index (κ3) is 2.25. The summed E-state index contributed by atoms with van der Waals surface area (Å²) in [6.07, 6.45) is 4.33. The lowest BCUT2D eigenvalue weighted by molar-refractivity contribution is 0.474. The fraction of sp³-hybridized carbons (Fsp3) is 0.500. The van der Waals surface area contributed by atoms with Gasteiger partial charge in [0.05, 0.1) is 11.5 Å². The highest BCUT2D eigenvalue weighted by Gasteiger charge is 2.26. The van der Waals surface area contributed by atoms with E-state index < -0.39 is 9.84 Å². The van der Waals surface area contributed by atoms with Crippen LogP contribution in [0.1, 0.15) is 18.7 Å². The van der Waals surface area contributed by atoms with E-state index in [1.165, 1.54) is 0 Å². The van der Waals surface area contributed by atoms with Gasteiger partial charge in [0.15, 0.2) is 15.5 Å². The second-order valence-corrected chi connectivity index (χ2v) is 7.10. The zero-order valence-corrected chi connectivity index (χ0v) is 10.8. The number of aromatic nitrogens is 3. The number of hydrogen-bond donors (Lipinski definition) is 0. The van der Waals surface area contributed by atoms with Crippen LogP contribution in [0.2, 0.25) is 0 Å². The van der Waals surface area contributed by atoms with Crippen LogP contribution >= 0.6 is 0 Å². The van der Waals surface area contributed by atoms with Crippen LogP contribution in [0.25, 0.3) is 5.65 Å². The molecule has 3 rings (SSSR count). The molecule has 6 heteroatoms. The first kappa shape index (κ1) is 11.6. The van der Waals surface area contributed by atoms with Crippen LogP contribution in [0.3, 0.4) is 0 Å². The van der Waals surface area contributed by atoms with Crippen LogP contribution in [0, 0.1) is 5.92 Å². The summed E-state index contributed by atoms with van der Waals surface area (Å²) in [4.78, 5) is 0. The van der Waals surface area contributed by atoms with Gasteiger partial charge < -0.3 is 0 Å².